The molecule has 1 aromatic carbocycles. The zero-order valence-electron chi connectivity index (χ0n) is 23.3. The summed E-state index contributed by atoms with van der Waals surface area (Å²) < 4.78 is 0. The molecule has 0 bridgehead atoms. The van der Waals surface area contributed by atoms with Crippen molar-refractivity contribution >= 4 is 34.1 Å². The van der Waals surface area contributed by atoms with Crippen LogP contribution < -0.4 is 0 Å². The molecular weight excluding hydrogens is 458 g/mol. The van der Waals surface area contributed by atoms with Gasteiger partial charge in [-0.15, -0.1) is 0 Å². The van der Waals surface area contributed by atoms with E-state index in [4.69, 9.17) is 0 Å². The number of aromatic amines is 1. The van der Waals surface area contributed by atoms with Crippen molar-refractivity contribution in [3.05, 3.63) is 52.7 Å². The van der Waals surface area contributed by atoms with Gasteiger partial charge in [0.25, 0.3) is 0 Å². The molecule has 2 fully saturated rings. The highest BCUT2D eigenvalue weighted by Crippen LogP contribution is 2.42. The first kappa shape index (κ1) is 25.7. The van der Waals surface area contributed by atoms with Gasteiger partial charge in [-0.1, -0.05) is 26.0 Å². The summed E-state index contributed by atoms with van der Waals surface area (Å²) in [7, 11) is 3.67. The summed E-state index contributed by atoms with van der Waals surface area (Å²) in [6.45, 7) is 11.1. The first-order valence-corrected chi connectivity index (χ1v) is 13.9. The second-order valence-corrected chi connectivity index (χ2v) is 11.4. The smallest absolute Gasteiger partial charge is 0.236 e. The average Bonchev–Trinajstić information content (AvgIpc) is 3.62. The van der Waals surface area contributed by atoms with E-state index in [1.165, 1.54) is 51.7 Å². The molecule has 5 rings (SSSR count). The van der Waals surface area contributed by atoms with Gasteiger partial charge in [0.2, 0.25) is 5.91 Å². The molecule has 0 spiro atoms. The number of carbonyl (C=O) groups excluding carboxylic acids is 1. The molecule has 1 N–H and O–H groups in total. The number of fused-ring (bicyclic) bond motifs is 1. The lowest BCUT2D eigenvalue weighted by Crippen LogP contribution is -2.40. The first-order chi connectivity index (χ1) is 17.7. The van der Waals surface area contributed by atoms with Crippen molar-refractivity contribution in [3.8, 4) is 0 Å². The molecule has 0 radical (unpaired) electrons. The Bertz CT molecular complexity index is 1310. The van der Waals surface area contributed by atoms with Crippen molar-refractivity contribution < 1.29 is 4.79 Å². The Balaban J connectivity index is 1.42. The molecule has 3 aliphatic rings. The van der Waals surface area contributed by atoms with Crippen LogP contribution in [0.1, 0.15) is 82.0 Å². The number of aliphatic imine (C=N–C) groups is 2. The molecule has 37 heavy (non-hydrogen) atoms. The van der Waals surface area contributed by atoms with Crippen LogP contribution in [0.15, 0.2) is 45.9 Å². The molecule has 0 unspecified atom stereocenters. The summed E-state index contributed by atoms with van der Waals surface area (Å²) >= 11 is 0. The first-order valence-electron chi connectivity index (χ1n) is 13.9. The van der Waals surface area contributed by atoms with Gasteiger partial charge in [-0.05, 0) is 105 Å². The van der Waals surface area contributed by atoms with Gasteiger partial charge in [0.1, 0.15) is 5.84 Å². The van der Waals surface area contributed by atoms with Gasteiger partial charge in [0.05, 0.1) is 6.54 Å². The summed E-state index contributed by atoms with van der Waals surface area (Å²) in [6, 6.07) is 7.00. The topological polar surface area (TPSA) is 64.1 Å². The van der Waals surface area contributed by atoms with Crippen molar-refractivity contribution in [1.29, 1.82) is 0 Å². The van der Waals surface area contributed by atoms with Crippen LogP contribution in [0.4, 0.5) is 0 Å². The van der Waals surface area contributed by atoms with Crippen LogP contribution in [0.25, 0.3) is 16.5 Å². The van der Waals surface area contributed by atoms with Gasteiger partial charge in [0, 0.05) is 36.3 Å². The average molecular weight is 500 g/mol. The minimum atomic E-state index is 0.186. The fourth-order valence-electron chi connectivity index (χ4n) is 5.74. The van der Waals surface area contributed by atoms with Gasteiger partial charge in [-0.3, -0.25) is 9.69 Å². The Morgan fingerprint density at radius 3 is 2.43 bits per heavy atom. The van der Waals surface area contributed by atoms with Gasteiger partial charge in [-0.25, -0.2) is 9.98 Å². The Hall–Kier alpha value is -2.99. The fourth-order valence-corrected chi connectivity index (χ4v) is 5.74. The number of aromatic nitrogens is 1. The third-order valence-electron chi connectivity index (χ3n) is 8.08. The number of piperidine rings is 1. The number of likely N-dealkylation sites (tertiary alicyclic amines) is 1. The lowest BCUT2D eigenvalue weighted by Gasteiger charge is -2.32. The molecule has 1 amide bonds. The van der Waals surface area contributed by atoms with Gasteiger partial charge in [-0.2, -0.15) is 0 Å². The molecule has 1 aliphatic carbocycles. The number of amides is 1. The second-order valence-electron chi connectivity index (χ2n) is 11.4. The molecule has 1 saturated carbocycles. The number of amidine groups is 2. The predicted octanol–water partition coefficient (Wildman–Crippen LogP) is 6.13. The standard InChI is InChI=1S/C31H41N5O/c1-7-21(16-25(23-8-9-23)31-32-20(4)33-31)30-29(19(2)3)26-17-24(10-11-27(26)34-30)22-12-14-36(15-13-22)18-28(37)35(5)6/h7,10-11,16-17,19,22-23,34H,8-9,12-15,18H2,1-6H3/b21-7+,25-16-. The fraction of sp³-hybridized carbons (Fsp3) is 0.516. The van der Waals surface area contributed by atoms with Crippen molar-refractivity contribution in [2.45, 2.75) is 65.2 Å². The number of benzene rings is 1. The number of hydrogen-bond donors (Lipinski definition) is 1. The number of nitrogens with one attached hydrogen (secondary N) is 1. The van der Waals surface area contributed by atoms with Gasteiger partial charge >= 0.3 is 0 Å². The summed E-state index contributed by atoms with van der Waals surface area (Å²) in [5, 5.41) is 1.34. The number of rotatable bonds is 8. The monoisotopic (exact) mass is 499 g/mol. The molecule has 1 aromatic heterocycles. The summed E-state index contributed by atoms with van der Waals surface area (Å²) in [6.07, 6.45) is 9.19. The number of likely N-dealkylation sites (N-methyl/N-ethyl adjacent to an activating group) is 1. The Morgan fingerprint density at radius 1 is 1.16 bits per heavy atom. The molecule has 1 saturated heterocycles. The van der Waals surface area contributed by atoms with Crippen molar-refractivity contribution in [2.75, 3.05) is 33.7 Å². The summed E-state index contributed by atoms with van der Waals surface area (Å²) in [5.41, 5.74) is 7.74. The lowest BCUT2D eigenvalue weighted by molar-refractivity contribution is -0.130. The molecule has 6 nitrogen and oxygen atoms in total. The number of carbonyl (C=O) groups is 1. The van der Waals surface area contributed by atoms with Crippen LogP contribution >= 0.6 is 0 Å². The third kappa shape index (κ3) is 5.35. The molecule has 0 atom stereocenters. The zero-order valence-corrected chi connectivity index (χ0v) is 23.3. The number of allylic oxidation sites excluding steroid dienone is 3. The van der Waals surface area contributed by atoms with Crippen molar-refractivity contribution in [3.63, 3.8) is 0 Å². The number of hydrogen-bond acceptors (Lipinski definition) is 4. The van der Waals surface area contributed by atoms with Crippen LogP contribution in [0.3, 0.4) is 0 Å². The zero-order chi connectivity index (χ0) is 26.3. The molecule has 2 aliphatic heterocycles. The molecular formula is C31H41N5O. The highest BCUT2D eigenvalue weighted by molar-refractivity contribution is 6.18. The van der Waals surface area contributed by atoms with Crippen LogP contribution in [0.2, 0.25) is 0 Å². The van der Waals surface area contributed by atoms with Crippen LogP contribution in [0.5, 0.6) is 0 Å². The predicted molar refractivity (Wildman–Crippen MR) is 154 cm³/mol. The van der Waals surface area contributed by atoms with E-state index in [1.807, 2.05) is 21.0 Å². The van der Waals surface area contributed by atoms with E-state index in [1.54, 1.807) is 4.90 Å². The van der Waals surface area contributed by atoms with E-state index in [9.17, 15) is 4.79 Å². The maximum Gasteiger partial charge on any atom is 0.236 e. The quantitative estimate of drug-likeness (QED) is 0.444. The SMILES string of the molecule is C/C=C(\C=C(/C1=NC(C)=N1)C1CC1)c1[nH]c2ccc(C3CCN(CC(=O)N(C)C)CC3)cc2c1C(C)C. The Labute approximate surface area is 221 Å². The number of H-pyrrole nitrogens is 1. The van der Waals surface area contributed by atoms with Crippen LogP contribution in [0, 0.1) is 5.92 Å². The van der Waals surface area contributed by atoms with E-state index in [0.29, 0.717) is 24.3 Å². The van der Waals surface area contributed by atoms with E-state index in [0.717, 1.165) is 37.6 Å². The maximum absolute atomic E-state index is 12.1. The minimum absolute atomic E-state index is 0.186. The summed E-state index contributed by atoms with van der Waals surface area (Å²) in [5.74, 6) is 3.50. The highest BCUT2D eigenvalue weighted by Gasteiger charge is 2.32. The Morgan fingerprint density at radius 2 is 1.86 bits per heavy atom. The number of nitrogens with zero attached hydrogens (tertiary/aromatic N) is 4. The normalized spacial score (nSPS) is 19.8. The molecule has 3 heterocycles. The second kappa shape index (κ2) is 10.4. The highest BCUT2D eigenvalue weighted by atomic mass is 16.2. The summed E-state index contributed by atoms with van der Waals surface area (Å²) in [4.78, 5) is 29.1. The van der Waals surface area contributed by atoms with E-state index in [-0.39, 0.29) is 5.91 Å². The Kier molecular flexibility index (Phi) is 7.21. The molecule has 6 heteroatoms. The maximum atomic E-state index is 12.1. The van der Waals surface area contributed by atoms with E-state index >= 15 is 0 Å². The van der Waals surface area contributed by atoms with E-state index in [2.05, 4.69) is 71.0 Å². The minimum Gasteiger partial charge on any atom is -0.354 e. The van der Waals surface area contributed by atoms with Crippen LogP contribution in [-0.4, -0.2) is 66.1 Å². The van der Waals surface area contributed by atoms with Crippen molar-refractivity contribution in [2.24, 2.45) is 15.9 Å². The third-order valence-corrected chi connectivity index (χ3v) is 8.08. The largest absolute Gasteiger partial charge is 0.354 e. The van der Waals surface area contributed by atoms with E-state index < -0.39 is 0 Å². The lowest BCUT2D eigenvalue weighted by atomic mass is 9.87. The van der Waals surface area contributed by atoms with Crippen LogP contribution in [-0.2, 0) is 4.79 Å². The van der Waals surface area contributed by atoms with Gasteiger partial charge in [0.15, 0.2) is 5.84 Å². The molecule has 196 valence electrons. The molecule has 2 aromatic rings. The van der Waals surface area contributed by atoms with Crippen molar-refractivity contribution in [1.82, 2.24) is 14.8 Å². The van der Waals surface area contributed by atoms with Gasteiger partial charge < -0.3 is 9.88 Å².